The number of morpholine rings is 1. The highest BCUT2D eigenvalue weighted by Crippen LogP contribution is 2.35. The molecule has 2 unspecified atom stereocenters. The van der Waals surface area contributed by atoms with Crippen LogP contribution in [-0.4, -0.2) is 51.4 Å². The number of likely N-dealkylation sites (N-methyl/N-ethyl adjacent to an activating group) is 1. The van der Waals surface area contributed by atoms with Crippen LogP contribution in [0.5, 0.6) is 5.75 Å². The second-order valence-electron chi connectivity index (χ2n) is 5.59. The highest BCUT2D eigenvalue weighted by Gasteiger charge is 2.33. The summed E-state index contributed by atoms with van der Waals surface area (Å²) in [6.45, 7) is 3.81. The Bertz CT molecular complexity index is 458. The third-order valence-corrected chi connectivity index (χ3v) is 4.61. The molecule has 20 heavy (non-hydrogen) atoms. The number of methoxy groups -OCH3 is 1. The van der Waals surface area contributed by atoms with E-state index < -0.39 is 0 Å². The lowest BCUT2D eigenvalue weighted by molar-refractivity contribution is 0.00449. The van der Waals surface area contributed by atoms with Crippen molar-refractivity contribution in [2.24, 2.45) is 0 Å². The van der Waals surface area contributed by atoms with E-state index in [2.05, 4.69) is 35.5 Å². The van der Waals surface area contributed by atoms with Crippen LogP contribution in [-0.2, 0) is 11.2 Å². The molecule has 0 amide bonds. The highest BCUT2D eigenvalue weighted by molar-refractivity contribution is 5.40. The Morgan fingerprint density at radius 1 is 1.30 bits per heavy atom. The Kier molecular flexibility index (Phi) is 4.24. The fourth-order valence-corrected chi connectivity index (χ4v) is 3.54. The van der Waals surface area contributed by atoms with Crippen LogP contribution in [0.4, 0.5) is 0 Å². The first-order valence-corrected chi connectivity index (χ1v) is 7.49. The molecule has 1 aliphatic heterocycles. The van der Waals surface area contributed by atoms with E-state index in [4.69, 9.17) is 9.47 Å². The van der Waals surface area contributed by atoms with Gasteiger partial charge in [0.05, 0.1) is 20.3 Å². The van der Waals surface area contributed by atoms with E-state index in [1.54, 1.807) is 7.11 Å². The first-order chi connectivity index (χ1) is 9.83. The van der Waals surface area contributed by atoms with Gasteiger partial charge in [-0.05, 0) is 43.1 Å². The first kappa shape index (κ1) is 13.9. The maximum absolute atomic E-state index is 5.48. The van der Waals surface area contributed by atoms with Crippen molar-refractivity contribution in [2.75, 3.05) is 40.5 Å². The summed E-state index contributed by atoms with van der Waals surface area (Å²) in [6.07, 6.45) is 2.37. The summed E-state index contributed by atoms with van der Waals surface area (Å²) in [4.78, 5) is 2.58. The Balaban J connectivity index is 1.87. The zero-order chi connectivity index (χ0) is 13.9. The summed E-state index contributed by atoms with van der Waals surface area (Å²) in [5.41, 5.74) is 2.85. The Morgan fingerprint density at radius 2 is 2.10 bits per heavy atom. The summed E-state index contributed by atoms with van der Waals surface area (Å²) < 4.78 is 10.9. The number of hydrogen-bond donors (Lipinski definition) is 1. The molecular formula is C16H24N2O2. The molecule has 2 aliphatic rings. The Hall–Kier alpha value is -1.10. The van der Waals surface area contributed by atoms with Gasteiger partial charge in [-0.1, -0.05) is 6.07 Å². The van der Waals surface area contributed by atoms with Crippen molar-refractivity contribution < 1.29 is 9.47 Å². The standard InChI is InChI=1S/C16H24N2O2/c1-17-16-14-11-13(19-2)5-3-12(14)4-6-15(16)18-7-9-20-10-8-18/h3,5,11,15-17H,4,6-10H2,1-2H3. The van der Waals surface area contributed by atoms with Crippen molar-refractivity contribution in [1.82, 2.24) is 10.2 Å². The van der Waals surface area contributed by atoms with Gasteiger partial charge in [0.25, 0.3) is 0 Å². The Labute approximate surface area is 121 Å². The molecule has 1 N–H and O–H groups in total. The van der Waals surface area contributed by atoms with Crippen LogP contribution in [0.3, 0.4) is 0 Å². The molecule has 0 aromatic heterocycles. The average molecular weight is 276 g/mol. The van der Waals surface area contributed by atoms with Crippen molar-refractivity contribution in [3.05, 3.63) is 29.3 Å². The van der Waals surface area contributed by atoms with E-state index in [0.717, 1.165) is 38.5 Å². The maximum atomic E-state index is 5.48. The molecule has 1 fully saturated rings. The first-order valence-electron chi connectivity index (χ1n) is 7.49. The van der Waals surface area contributed by atoms with Crippen LogP contribution in [0.15, 0.2) is 18.2 Å². The summed E-state index contributed by atoms with van der Waals surface area (Å²) in [7, 11) is 3.80. The van der Waals surface area contributed by atoms with Crippen molar-refractivity contribution in [1.29, 1.82) is 0 Å². The molecule has 0 saturated carbocycles. The molecule has 110 valence electrons. The summed E-state index contributed by atoms with van der Waals surface area (Å²) in [5, 5.41) is 3.52. The van der Waals surface area contributed by atoms with Gasteiger partial charge >= 0.3 is 0 Å². The molecule has 4 nitrogen and oxygen atoms in total. The van der Waals surface area contributed by atoms with Crippen LogP contribution in [0.25, 0.3) is 0 Å². The normalized spacial score (nSPS) is 27.1. The monoisotopic (exact) mass is 276 g/mol. The predicted molar refractivity (Wildman–Crippen MR) is 79.3 cm³/mol. The minimum Gasteiger partial charge on any atom is -0.497 e. The molecule has 1 aliphatic carbocycles. The summed E-state index contributed by atoms with van der Waals surface area (Å²) >= 11 is 0. The lowest BCUT2D eigenvalue weighted by atomic mass is 9.83. The number of rotatable bonds is 3. The molecule has 0 spiro atoms. The van der Waals surface area contributed by atoms with Crippen LogP contribution in [0, 0.1) is 0 Å². The molecule has 0 bridgehead atoms. The van der Waals surface area contributed by atoms with Crippen molar-refractivity contribution in [3.8, 4) is 5.75 Å². The van der Waals surface area contributed by atoms with E-state index in [-0.39, 0.29) is 0 Å². The summed E-state index contributed by atoms with van der Waals surface area (Å²) in [5.74, 6) is 0.951. The van der Waals surface area contributed by atoms with Crippen LogP contribution in [0.1, 0.15) is 23.6 Å². The SMILES string of the molecule is CNC1c2cc(OC)ccc2CCC1N1CCOCC1. The fourth-order valence-electron chi connectivity index (χ4n) is 3.54. The molecule has 3 rings (SSSR count). The predicted octanol–water partition coefficient (Wildman–Crippen LogP) is 1.60. The van der Waals surface area contributed by atoms with Gasteiger partial charge in [0, 0.05) is 25.2 Å². The second kappa shape index (κ2) is 6.12. The molecular weight excluding hydrogens is 252 g/mol. The van der Waals surface area contributed by atoms with Crippen LogP contribution < -0.4 is 10.1 Å². The highest BCUT2D eigenvalue weighted by atomic mass is 16.5. The average Bonchev–Trinajstić information content (AvgIpc) is 2.54. The largest absolute Gasteiger partial charge is 0.497 e. The number of aryl methyl sites for hydroxylation is 1. The molecule has 1 saturated heterocycles. The van der Waals surface area contributed by atoms with E-state index in [9.17, 15) is 0 Å². The minimum atomic E-state index is 0.381. The van der Waals surface area contributed by atoms with E-state index >= 15 is 0 Å². The minimum absolute atomic E-state index is 0.381. The smallest absolute Gasteiger partial charge is 0.119 e. The topological polar surface area (TPSA) is 33.7 Å². The van der Waals surface area contributed by atoms with Crippen molar-refractivity contribution in [3.63, 3.8) is 0 Å². The molecule has 1 heterocycles. The third kappa shape index (κ3) is 2.55. The summed E-state index contributed by atoms with van der Waals surface area (Å²) in [6, 6.07) is 7.42. The number of benzene rings is 1. The lowest BCUT2D eigenvalue weighted by Crippen LogP contribution is -2.50. The Morgan fingerprint density at radius 3 is 2.80 bits per heavy atom. The lowest BCUT2D eigenvalue weighted by Gasteiger charge is -2.42. The zero-order valence-corrected chi connectivity index (χ0v) is 12.4. The van der Waals surface area contributed by atoms with Crippen LogP contribution >= 0.6 is 0 Å². The van der Waals surface area contributed by atoms with Gasteiger partial charge in [-0.25, -0.2) is 0 Å². The van der Waals surface area contributed by atoms with Gasteiger partial charge in [0.1, 0.15) is 5.75 Å². The van der Waals surface area contributed by atoms with E-state index in [1.165, 1.54) is 17.5 Å². The molecule has 0 radical (unpaired) electrons. The number of fused-ring (bicyclic) bond motifs is 1. The van der Waals surface area contributed by atoms with Gasteiger partial charge in [0.2, 0.25) is 0 Å². The van der Waals surface area contributed by atoms with Crippen LogP contribution in [0.2, 0.25) is 0 Å². The molecule has 1 aromatic carbocycles. The van der Waals surface area contributed by atoms with Gasteiger partial charge in [-0.3, -0.25) is 4.90 Å². The number of ether oxygens (including phenoxy) is 2. The maximum Gasteiger partial charge on any atom is 0.119 e. The van der Waals surface area contributed by atoms with E-state index in [0.29, 0.717) is 12.1 Å². The van der Waals surface area contributed by atoms with Gasteiger partial charge in [-0.15, -0.1) is 0 Å². The van der Waals surface area contributed by atoms with Gasteiger partial charge in [-0.2, -0.15) is 0 Å². The third-order valence-electron chi connectivity index (χ3n) is 4.61. The zero-order valence-electron chi connectivity index (χ0n) is 12.4. The van der Waals surface area contributed by atoms with Gasteiger partial charge < -0.3 is 14.8 Å². The van der Waals surface area contributed by atoms with Gasteiger partial charge in [0.15, 0.2) is 0 Å². The molecule has 4 heteroatoms. The van der Waals surface area contributed by atoms with Crippen molar-refractivity contribution in [2.45, 2.75) is 24.9 Å². The molecule has 1 aromatic rings. The van der Waals surface area contributed by atoms with Crippen molar-refractivity contribution >= 4 is 0 Å². The van der Waals surface area contributed by atoms with E-state index in [1.807, 2.05) is 0 Å². The number of nitrogens with one attached hydrogen (secondary N) is 1. The second-order valence-corrected chi connectivity index (χ2v) is 5.59. The molecule has 2 atom stereocenters. The number of nitrogens with zero attached hydrogens (tertiary/aromatic N) is 1. The fraction of sp³-hybridized carbons (Fsp3) is 0.625. The quantitative estimate of drug-likeness (QED) is 0.909. The number of hydrogen-bond acceptors (Lipinski definition) is 4.